The first-order valence-corrected chi connectivity index (χ1v) is 12.6. The van der Waals surface area contributed by atoms with Gasteiger partial charge in [0.1, 0.15) is 11.5 Å². The lowest BCUT2D eigenvalue weighted by molar-refractivity contribution is -0.0328. The van der Waals surface area contributed by atoms with Crippen molar-refractivity contribution in [2.24, 2.45) is 5.92 Å². The fourth-order valence-electron chi connectivity index (χ4n) is 4.00. The van der Waals surface area contributed by atoms with E-state index in [-0.39, 0.29) is 22.6 Å². The van der Waals surface area contributed by atoms with Crippen LogP contribution in [0.2, 0.25) is 0 Å². The molecule has 4 rings (SSSR count). The smallest absolute Gasteiger partial charge is 0.446 e. The molecule has 1 unspecified atom stereocenters. The molecule has 0 amide bonds. The molecule has 0 saturated heterocycles. The summed E-state index contributed by atoms with van der Waals surface area (Å²) in [6.45, 7) is 5.03. The molecule has 1 aliphatic carbocycles. The number of aliphatic hydroxyl groups excluding tert-OH is 1. The van der Waals surface area contributed by atoms with E-state index in [1.54, 1.807) is 12.1 Å². The van der Waals surface area contributed by atoms with Crippen LogP contribution in [-0.4, -0.2) is 23.3 Å². The highest BCUT2D eigenvalue weighted by Gasteiger charge is 2.31. The van der Waals surface area contributed by atoms with Crippen molar-refractivity contribution in [2.75, 3.05) is 11.4 Å². The van der Waals surface area contributed by atoms with Gasteiger partial charge in [0.15, 0.2) is 0 Å². The number of thioether (sulfide) groups is 1. The van der Waals surface area contributed by atoms with Gasteiger partial charge in [0.25, 0.3) is 0 Å². The molecule has 35 heavy (non-hydrogen) atoms. The van der Waals surface area contributed by atoms with E-state index >= 15 is 0 Å². The Morgan fingerprint density at radius 2 is 1.66 bits per heavy atom. The predicted octanol–water partition coefficient (Wildman–Crippen LogP) is 7.99. The summed E-state index contributed by atoms with van der Waals surface area (Å²) >= 11 is -0.115. The minimum absolute atomic E-state index is 0.115. The fourth-order valence-corrected chi connectivity index (χ4v) is 4.62. The van der Waals surface area contributed by atoms with E-state index < -0.39 is 11.6 Å². The summed E-state index contributed by atoms with van der Waals surface area (Å²) in [6.07, 6.45) is 1.51. The van der Waals surface area contributed by atoms with Crippen LogP contribution in [0.4, 0.5) is 18.9 Å². The summed E-state index contributed by atoms with van der Waals surface area (Å²) in [5, 5.41) is 10.7. The highest BCUT2D eigenvalue weighted by Crippen LogP contribution is 2.38. The van der Waals surface area contributed by atoms with E-state index in [0.717, 1.165) is 29.8 Å². The van der Waals surface area contributed by atoms with Gasteiger partial charge in [0, 0.05) is 29.7 Å². The van der Waals surface area contributed by atoms with Crippen LogP contribution in [-0.2, 0) is 6.54 Å². The quantitative estimate of drug-likeness (QED) is 0.285. The standard InChI is InChI=1S/C28H30F3NO2S/c1-19(2)22-7-4-9-24(15-22)34-25-10-5-8-23(16-25)32(18-27(33)21-12-13-21)17-20-6-3-11-26(14-20)35-28(29,30)31/h3-11,14-16,19,21,27,33H,12-13,17-18H2,1-2H3. The lowest BCUT2D eigenvalue weighted by Crippen LogP contribution is -2.33. The van der Waals surface area contributed by atoms with Gasteiger partial charge in [0.05, 0.1) is 6.10 Å². The van der Waals surface area contributed by atoms with Crippen LogP contribution in [0.3, 0.4) is 0 Å². The van der Waals surface area contributed by atoms with Crippen LogP contribution in [0.25, 0.3) is 0 Å². The van der Waals surface area contributed by atoms with Crippen LogP contribution in [0, 0.1) is 5.92 Å². The Morgan fingerprint density at radius 1 is 0.971 bits per heavy atom. The van der Waals surface area contributed by atoms with Gasteiger partial charge >= 0.3 is 5.51 Å². The highest BCUT2D eigenvalue weighted by molar-refractivity contribution is 8.00. The molecule has 1 N–H and O–H groups in total. The monoisotopic (exact) mass is 501 g/mol. The average Bonchev–Trinajstić information content (AvgIpc) is 3.64. The number of hydrogen-bond acceptors (Lipinski definition) is 4. The summed E-state index contributed by atoms with van der Waals surface area (Å²) < 4.78 is 44.7. The van der Waals surface area contributed by atoms with Gasteiger partial charge in [-0.05, 0) is 84.0 Å². The van der Waals surface area contributed by atoms with Crippen molar-refractivity contribution < 1.29 is 23.0 Å². The number of alkyl halides is 3. The second kappa shape index (κ2) is 11.0. The fraction of sp³-hybridized carbons (Fsp3) is 0.357. The van der Waals surface area contributed by atoms with Crippen molar-refractivity contribution in [3.63, 3.8) is 0 Å². The minimum Gasteiger partial charge on any atom is -0.457 e. The van der Waals surface area contributed by atoms with E-state index in [2.05, 4.69) is 19.9 Å². The molecular weight excluding hydrogens is 471 g/mol. The minimum atomic E-state index is -4.33. The summed E-state index contributed by atoms with van der Waals surface area (Å²) in [5.41, 5.74) is -1.56. The number of anilines is 1. The molecule has 1 aliphatic rings. The van der Waals surface area contributed by atoms with E-state index in [1.165, 1.54) is 11.6 Å². The highest BCUT2D eigenvalue weighted by atomic mass is 32.2. The van der Waals surface area contributed by atoms with Gasteiger partial charge in [-0.15, -0.1) is 0 Å². The lowest BCUT2D eigenvalue weighted by atomic mass is 10.0. The number of rotatable bonds is 10. The van der Waals surface area contributed by atoms with Crippen LogP contribution in [0.1, 0.15) is 43.7 Å². The molecule has 7 heteroatoms. The number of halogens is 3. The Kier molecular flexibility index (Phi) is 7.97. The maximum atomic E-state index is 12.9. The normalized spacial score (nSPS) is 14.7. The third kappa shape index (κ3) is 7.67. The van der Waals surface area contributed by atoms with Gasteiger partial charge in [-0.25, -0.2) is 0 Å². The van der Waals surface area contributed by atoms with Crippen LogP contribution in [0.5, 0.6) is 11.5 Å². The van der Waals surface area contributed by atoms with Crippen molar-refractivity contribution in [2.45, 2.75) is 55.7 Å². The Bertz CT molecular complexity index is 1130. The average molecular weight is 502 g/mol. The first-order chi connectivity index (χ1) is 16.7. The molecule has 1 saturated carbocycles. The maximum absolute atomic E-state index is 12.9. The molecule has 0 aliphatic heterocycles. The summed E-state index contributed by atoms with van der Waals surface area (Å²) in [5.74, 6) is 2.07. The zero-order chi connectivity index (χ0) is 25.0. The molecule has 0 heterocycles. The largest absolute Gasteiger partial charge is 0.457 e. The van der Waals surface area contributed by atoms with Crippen molar-refractivity contribution in [1.82, 2.24) is 0 Å². The molecule has 3 aromatic carbocycles. The Morgan fingerprint density at radius 3 is 2.34 bits per heavy atom. The van der Waals surface area contributed by atoms with Crippen molar-refractivity contribution in [1.29, 1.82) is 0 Å². The molecule has 3 nitrogen and oxygen atoms in total. The molecule has 186 valence electrons. The van der Waals surface area contributed by atoms with E-state index in [1.807, 2.05) is 53.4 Å². The van der Waals surface area contributed by atoms with E-state index in [9.17, 15) is 18.3 Å². The molecular formula is C28H30F3NO2S. The summed E-state index contributed by atoms with van der Waals surface area (Å²) in [7, 11) is 0. The third-order valence-electron chi connectivity index (χ3n) is 6.02. The van der Waals surface area contributed by atoms with E-state index in [4.69, 9.17) is 4.74 Å². The Hall–Kier alpha value is -2.64. The molecule has 0 spiro atoms. The van der Waals surface area contributed by atoms with Crippen LogP contribution in [0.15, 0.2) is 77.7 Å². The Balaban J connectivity index is 1.56. The van der Waals surface area contributed by atoms with Gasteiger partial charge in [0.2, 0.25) is 0 Å². The SMILES string of the molecule is CC(C)c1cccc(Oc2cccc(N(Cc3cccc(SC(F)(F)F)c3)CC(O)C3CC3)c2)c1. The molecule has 0 bridgehead atoms. The van der Waals surface area contributed by atoms with Crippen LogP contribution < -0.4 is 9.64 Å². The first-order valence-electron chi connectivity index (χ1n) is 11.8. The first kappa shape index (κ1) is 25.5. The van der Waals surface area contributed by atoms with E-state index in [0.29, 0.717) is 24.8 Å². The van der Waals surface area contributed by atoms with Crippen LogP contribution >= 0.6 is 11.8 Å². The molecule has 1 atom stereocenters. The summed E-state index contributed by atoms with van der Waals surface area (Å²) in [4.78, 5) is 2.16. The predicted molar refractivity (Wildman–Crippen MR) is 135 cm³/mol. The van der Waals surface area contributed by atoms with Gasteiger partial charge in [-0.3, -0.25) is 0 Å². The lowest BCUT2D eigenvalue weighted by Gasteiger charge is -2.28. The molecule has 0 radical (unpaired) electrons. The van der Waals surface area contributed by atoms with Crippen molar-refractivity contribution >= 4 is 17.4 Å². The molecule has 3 aromatic rings. The van der Waals surface area contributed by atoms with Crippen molar-refractivity contribution in [3.05, 3.63) is 83.9 Å². The zero-order valence-electron chi connectivity index (χ0n) is 19.8. The Labute approximate surface area is 208 Å². The number of hydrogen-bond donors (Lipinski definition) is 1. The third-order valence-corrected chi connectivity index (χ3v) is 6.74. The number of benzene rings is 3. The maximum Gasteiger partial charge on any atom is 0.446 e. The molecule has 0 aromatic heterocycles. The second-order valence-corrected chi connectivity index (χ2v) is 10.4. The van der Waals surface area contributed by atoms with Gasteiger partial charge in [-0.1, -0.05) is 44.2 Å². The number of nitrogens with zero attached hydrogens (tertiary/aromatic N) is 1. The molecule has 1 fully saturated rings. The zero-order valence-corrected chi connectivity index (χ0v) is 20.6. The number of ether oxygens (including phenoxy) is 1. The second-order valence-electron chi connectivity index (χ2n) is 9.31. The van der Waals surface area contributed by atoms with Crippen molar-refractivity contribution in [3.8, 4) is 11.5 Å². The number of aliphatic hydroxyl groups is 1. The topological polar surface area (TPSA) is 32.7 Å². The van der Waals surface area contributed by atoms with Gasteiger partial charge < -0.3 is 14.7 Å². The van der Waals surface area contributed by atoms with Gasteiger partial charge in [-0.2, -0.15) is 13.2 Å². The summed E-state index contributed by atoms with van der Waals surface area (Å²) in [6, 6.07) is 22.1.